The Morgan fingerprint density at radius 1 is 1.22 bits per heavy atom. The SMILES string of the molecule is CC(C)(C)CC(C)(C)N=Cc1c[nH]c(=O)[nH]c1=O. The lowest BCUT2D eigenvalue weighted by Gasteiger charge is -2.28. The molecule has 100 valence electrons. The Kier molecular flexibility index (Phi) is 3.94. The van der Waals surface area contributed by atoms with Crippen molar-refractivity contribution in [3.63, 3.8) is 0 Å². The molecule has 0 unspecified atom stereocenters. The zero-order valence-electron chi connectivity index (χ0n) is 11.6. The number of H-pyrrole nitrogens is 2. The summed E-state index contributed by atoms with van der Waals surface area (Å²) in [4.78, 5) is 31.4. The predicted octanol–water partition coefficient (Wildman–Crippen LogP) is 1.70. The maximum absolute atomic E-state index is 11.5. The van der Waals surface area contributed by atoms with E-state index in [1.54, 1.807) is 0 Å². The van der Waals surface area contributed by atoms with Crippen molar-refractivity contribution in [1.29, 1.82) is 0 Å². The summed E-state index contributed by atoms with van der Waals surface area (Å²) < 4.78 is 0. The van der Waals surface area contributed by atoms with Crippen LogP contribution in [0.2, 0.25) is 0 Å². The van der Waals surface area contributed by atoms with Crippen LogP contribution in [0, 0.1) is 5.41 Å². The highest BCUT2D eigenvalue weighted by atomic mass is 16.2. The lowest BCUT2D eigenvalue weighted by molar-refractivity contribution is 0.289. The van der Waals surface area contributed by atoms with Crippen LogP contribution in [0.3, 0.4) is 0 Å². The second-order valence-corrected chi connectivity index (χ2v) is 6.34. The zero-order chi connectivity index (χ0) is 14.0. The average molecular weight is 251 g/mol. The Bertz CT molecular complexity index is 544. The molecule has 0 aromatic carbocycles. The fraction of sp³-hybridized carbons (Fsp3) is 0.615. The number of aromatic nitrogens is 2. The first kappa shape index (κ1) is 14.4. The standard InChI is InChI=1S/C13H21N3O2/c1-12(2,3)8-13(4,5)15-7-9-6-14-11(18)16-10(9)17/h6-7H,8H2,1-5H3,(H2,14,16,17,18). The highest BCUT2D eigenvalue weighted by Gasteiger charge is 2.24. The van der Waals surface area contributed by atoms with Gasteiger partial charge in [0.25, 0.3) is 5.56 Å². The van der Waals surface area contributed by atoms with E-state index in [0.717, 1.165) is 6.42 Å². The van der Waals surface area contributed by atoms with Crippen LogP contribution in [0.25, 0.3) is 0 Å². The van der Waals surface area contributed by atoms with Crippen LogP contribution in [0.5, 0.6) is 0 Å². The molecule has 5 nitrogen and oxygen atoms in total. The van der Waals surface area contributed by atoms with E-state index in [-0.39, 0.29) is 11.0 Å². The fourth-order valence-electron chi connectivity index (χ4n) is 2.10. The number of nitrogens with zero attached hydrogens (tertiary/aromatic N) is 1. The lowest BCUT2D eigenvalue weighted by Crippen LogP contribution is -2.27. The highest BCUT2D eigenvalue weighted by molar-refractivity contribution is 5.78. The minimum atomic E-state index is -0.508. The summed E-state index contributed by atoms with van der Waals surface area (Å²) in [5.41, 5.74) is -0.657. The molecule has 1 rings (SSSR count). The van der Waals surface area contributed by atoms with E-state index in [1.807, 2.05) is 13.8 Å². The number of aliphatic imine (C=N–C) groups is 1. The van der Waals surface area contributed by atoms with Crippen molar-refractivity contribution in [2.45, 2.75) is 46.6 Å². The first-order valence-corrected chi connectivity index (χ1v) is 5.96. The van der Waals surface area contributed by atoms with Crippen molar-refractivity contribution in [1.82, 2.24) is 9.97 Å². The van der Waals surface area contributed by atoms with Gasteiger partial charge >= 0.3 is 5.69 Å². The molecule has 0 spiro atoms. The van der Waals surface area contributed by atoms with Crippen molar-refractivity contribution in [2.75, 3.05) is 0 Å². The monoisotopic (exact) mass is 251 g/mol. The van der Waals surface area contributed by atoms with Gasteiger partial charge in [-0.15, -0.1) is 0 Å². The van der Waals surface area contributed by atoms with Crippen LogP contribution in [0.1, 0.15) is 46.6 Å². The first-order chi connectivity index (χ1) is 8.09. The Labute approximate surface area is 106 Å². The molecule has 1 aromatic rings. The van der Waals surface area contributed by atoms with Crippen molar-refractivity contribution < 1.29 is 0 Å². The third-order valence-corrected chi connectivity index (χ3v) is 2.36. The molecule has 0 radical (unpaired) electrons. The number of hydrogen-bond acceptors (Lipinski definition) is 3. The number of nitrogens with one attached hydrogen (secondary N) is 2. The van der Waals surface area contributed by atoms with Crippen molar-refractivity contribution in [2.24, 2.45) is 10.4 Å². The summed E-state index contributed by atoms with van der Waals surface area (Å²) in [5, 5.41) is 0. The van der Waals surface area contributed by atoms with Gasteiger partial charge in [-0.1, -0.05) is 20.8 Å². The molecule has 2 N–H and O–H groups in total. The number of aromatic amines is 2. The molecule has 0 aliphatic carbocycles. The van der Waals surface area contributed by atoms with Crippen molar-refractivity contribution >= 4 is 6.21 Å². The Morgan fingerprint density at radius 3 is 2.33 bits per heavy atom. The molecule has 0 atom stereocenters. The minimum Gasteiger partial charge on any atom is -0.313 e. The molecule has 0 bridgehead atoms. The molecule has 0 aliphatic heterocycles. The third kappa shape index (κ3) is 4.69. The molecule has 0 saturated carbocycles. The van der Waals surface area contributed by atoms with Crippen LogP contribution in [-0.4, -0.2) is 21.7 Å². The van der Waals surface area contributed by atoms with Gasteiger partial charge in [0.05, 0.1) is 11.1 Å². The van der Waals surface area contributed by atoms with E-state index >= 15 is 0 Å². The highest BCUT2D eigenvalue weighted by Crippen LogP contribution is 2.29. The second-order valence-electron chi connectivity index (χ2n) is 6.34. The van der Waals surface area contributed by atoms with Crippen LogP contribution in [0.15, 0.2) is 20.8 Å². The Morgan fingerprint density at radius 2 is 1.83 bits per heavy atom. The summed E-state index contributed by atoms with van der Waals surface area (Å²) in [5.74, 6) is 0. The van der Waals surface area contributed by atoms with E-state index in [4.69, 9.17) is 0 Å². The van der Waals surface area contributed by atoms with Gasteiger partial charge in [0.15, 0.2) is 0 Å². The largest absolute Gasteiger partial charge is 0.325 e. The smallest absolute Gasteiger partial charge is 0.313 e. The molecule has 0 aliphatic rings. The molecular weight excluding hydrogens is 230 g/mol. The van der Waals surface area contributed by atoms with Crippen LogP contribution in [-0.2, 0) is 0 Å². The normalized spacial score (nSPS) is 13.2. The molecule has 0 saturated heterocycles. The summed E-state index contributed by atoms with van der Waals surface area (Å²) in [6, 6.07) is 0. The van der Waals surface area contributed by atoms with E-state index in [9.17, 15) is 9.59 Å². The van der Waals surface area contributed by atoms with Gasteiger partial charge in [0, 0.05) is 12.4 Å². The molecule has 5 heteroatoms. The van der Waals surface area contributed by atoms with Gasteiger partial charge in [-0.2, -0.15) is 0 Å². The maximum atomic E-state index is 11.5. The van der Waals surface area contributed by atoms with Gasteiger partial charge < -0.3 is 4.98 Å². The Balaban J connectivity index is 2.92. The van der Waals surface area contributed by atoms with E-state index in [2.05, 4.69) is 35.7 Å². The summed E-state index contributed by atoms with van der Waals surface area (Å²) in [7, 11) is 0. The second kappa shape index (κ2) is 4.92. The molecule has 0 fully saturated rings. The molecule has 1 heterocycles. The molecule has 18 heavy (non-hydrogen) atoms. The van der Waals surface area contributed by atoms with Gasteiger partial charge in [0.2, 0.25) is 0 Å². The molecule has 0 amide bonds. The van der Waals surface area contributed by atoms with Crippen molar-refractivity contribution in [3.05, 3.63) is 32.6 Å². The topological polar surface area (TPSA) is 78.1 Å². The molecular formula is C13H21N3O2. The van der Waals surface area contributed by atoms with Gasteiger partial charge in [-0.05, 0) is 25.7 Å². The van der Waals surface area contributed by atoms with Crippen LogP contribution in [0.4, 0.5) is 0 Å². The third-order valence-electron chi connectivity index (χ3n) is 2.36. The summed E-state index contributed by atoms with van der Waals surface area (Å²) in [6.45, 7) is 10.5. The minimum absolute atomic E-state index is 0.165. The number of rotatable bonds is 3. The van der Waals surface area contributed by atoms with Crippen LogP contribution < -0.4 is 11.2 Å². The predicted molar refractivity (Wildman–Crippen MR) is 73.4 cm³/mol. The summed E-state index contributed by atoms with van der Waals surface area (Å²) >= 11 is 0. The average Bonchev–Trinajstić information content (AvgIpc) is 2.12. The Hall–Kier alpha value is -1.65. The fourth-order valence-corrected chi connectivity index (χ4v) is 2.10. The van der Waals surface area contributed by atoms with Gasteiger partial charge in [0.1, 0.15) is 0 Å². The lowest BCUT2D eigenvalue weighted by atomic mass is 9.82. The molecule has 1 aromatic heterocycles. The van der Waals surface area contributed by atoms with Gasteiger partial charge in [-0.3, -0.25) is 14.8 Å². The summed E-state index contributed by atoms with van der Waals surface area (Å²) in [6.07, 6.45) is 3.79. The van der Waals surface area contributed by atoms with Crippen molar-refractivity contribution in [3.8, 4) is 0 Å². The van der Waals surface area contributed by atoms with E-state index in [1.165, 1.54) is 12.4 Å². The quantitative estimate of drug-likeness (QED) is 0.802. The van der Waals surface area contributed by atoms with E-state index < -0.39 is 11.2 Å². The van der Waals surface area contributed by atoms with Crippen LogP contribution >= 0.6 is 0 Å². The van der Waals surface area contributed by atoms with Gasteiger partial charge in [-0.25, -0.2) is 4.79 Å². The zero-order valence-corrected chi connectivity index (χ0v) is 11.6. The first-order valence-electron chi connectivity index (χ1n) is 5.96. The maximum Gasteiger partial charge on any atom is 0.325 e. The van der Waals surface area contributed by atoms with E-state index in [0.29, 0.717) is 5.56 Å². The number of hydrogen-bond donors (Lipinski definition) is 2.